The van der Waals surface area contributed by atoms with E-state index in [1.807, 2.05) is 32.0 Å². The van der Waals surface area contributed by atoms with Crippen LogP contribution in [-0.2, 0) is 0 Å². The molecule has 0 unspecified atom stereocenters. The van der Waals surface area contributed by atoms with Crippen LogP contribution in [0.3, 0.4) is 0 Å². The van der Waals surface area contributed by atoms with Crippen molar-refractivity contribution in [2.45, 2.75) is 13.8 Å². The van der Waals surface area contributed by atoms with Gasteiger partial charge in [0.2, 0.25) is 0 Å². The highest BCUT2D eigenvalue weighted by molar-refractivity contribution is 9.15. The van der Waals surface area contributed by atoms with Gasteiger partial charge in [-0.3, -0.25) is 9.59 Å². The molecule has 0 aliphatic carbocycles. The number of halogens is 4. The normalized spacial score (nSPS) is 13.7. The summed E-state index contributed by atoms with van der Waals surface area (Å²) in [7, 11) is 0. The average molecular weight is 567 g/mol. The molecule has 7 heteroatoms. The average Bonchev–Trinajstić information content (AvgIpc) is 2.77. The van der Waals surface area contributed by atoms with Crippen molar-refractivity contribution in [3.05, 3.63) is 58.3 Å². The van der Waals surface area contributed by atoms with Gasteiger partial charge < -0.3 is 0 Å². The molecule has 0 atom stereocenters. The van der Waals surface area contributed by atoms with E-state index in [9.17, 15) is 9.59 Å². The third kappa shape index (κ3) is 2.56. The molecule has 2 amide bonds. The van der Waals surface area contributed by atoms with Gasteiger partial charge in [-0.25, -0.2) is 4.90 Å². The Balaban J connectivity index is 2.29. The molecule has 2 aromatic rings. The Labute approximate surface area is 166 Å². The first-order valence-corrected chi connectivity index (χ1v) is 9.75. The number of imide groups is 1. The summed E-state index contributed by atoms with van der Waals surface area (Å²) in [5, 5.41) is 0. The van der Waals surface area contributed by atoms with E-state index in [-0.39, 0.29) is 11.8 Å². The lowest BCUT2D eigenvalue weighted by atomic mass is 10.1. The first-order valence-electron chi connectivity index (χ1n) is 6.57. The summed E-state index contributed by atoms with van der Waals surface area (Å²) < 4.78 is 2.50. The van der Waals surface area contributed by atoms with Crippen molar-refractivity contribution in [2.24, 2.45) is 0 Å². The van der Waals surface area contributed by atoms with E-state index in [4.69, 9.17) is 0 Å². The van der Waals surface area contributed by atoms with Crippen LogP contribution in [0.25, 0.3) is 0 Å². The van der Waals surface area contributed by atoms with E-state index in [0.29, 0.717) is 34.7 Å². The lowest BCUT2D eigenvalue weighted by molar-refractivity contribution is 0.0925. The molecular weight excluding hydrogens is 558 g/mol. The minimum Gasteiger partial charge on any atom is -0.268 e. The number of hydrogen-bond acceptors (Lipinski definition) is 2. The zero-order chi connectivity index (χ0) is 17.0. The predicted octanol–water partition coefficient (Wildman–Crippen LogP) is 6.15. The Kier molecular flexibility index (Phi) is 4.59. The van der Waals surface area contributed by atoms with Crippen LogP contribution in [-0.4, -0.2) is 11.8 Å². The van der Waals surface area contributed by atoms with Crippen LogP contribution < -0.4 is 4.90 Å². The van der Waals surface area contributed by atoms with Gasteiger partial charge >= 0.3 is 0 Å². The van der Waals surface area contributed by atoms with Crippen LogP contribution in [0, 0.1) is 13.8 Å². The highest BCUT2D eigenvalue weighted by Crippen LogP contribution is 2.46. The van der Waals surface area contributed by atoms with Crippen molar-refractivity contribution >= 4 is 81.2 Å². The summed E-state index contributed by atoms with van der Waals surface area (Å²) in [5.74, 6) is -0.668. The monoisotopic (exact) mass is 563 g/mol. The molecule has 0 fully saturated rings. The van der Waals surface area contributed by atoms with Crippen molar-refractivity contribution in [1.29, 1.82) is 0 Å². The Hall–Kier alpha value is -0.500. The smallest absolute Gasteiger partial charge is 0.267 e. The molecule has 0 aromatic heterocycles. The summed E-state index contributed by atoms with van der Waals surface area (Å²) in [6.45, 7) is 3.81. The summed E-state index contributed by atoms with van der Waals surface area (Å²) in [6, 6.07) is 5.71. The highest BCUT2D eigenvalue weighted by atomic mass is 79.9. The number of amides is 2. The van der Waals surface area contributed by atoms with Crippen molar-refractivity contribution in [2.75, 3.05) is 4.90 Å². The molecule has 118 valence electrons. The number of fused-ring (bicyclic) bond motifs is 1. The zero-order valence-corrected chi connectivity index (χ0v) is 18.4. The highest BCUT2D eigenvalue weighted by Gasteiger charge is 2.42. The Morgan fingerprint density at radius 2 is 1.26 bits per heavy atom. The fourth-order valence-electron chi connectivity index (χ4n) is 2.53. The van der Waals surface area contributed by atoms with Gasteiger partial charge in [-0.15, -0.1) is 0 Å². The van der Waals surface area contributed by atoms with E-state index in [1.165, 1.54) is 4.90 Å². The second-order valence-electron chi connectivity index (χ2n) is 5.24. The van der Waals surface area contributed by atoms with Gasteiger partial charge in [-0.05, 0) is 94.8 Å². The Morgan fingerprint density at radius 3 is 1.74 bits per heavy atom. The standard InChI is InChI=1S/C16H9Br4NO2/c1-6-3-4-7(2)8(5-6)21-15(22)9-10(16(21)23)12(18)14(20)13(19)11(9)17/h3-5H,1-2H3. The van der Waals surface area contributed by atoms with Gasteiger partial charge in [-0.1, -0.05) is 12.1 Å². The van der Waals surface area contributed by atoms with Gasteiger partial charge in [0.05, 0.1) is 16.8 Å². The Morgan fingerprint density at radius 1 is 0.783 bits per heavy atom. The van der Waals surface area contributed by atoms with E-state index in [1.54, 1.807) is 0 Å². The van der Waals surface area contributed by atoms with Crippen LogP contribution in [0.4, 0.5) is 5.69 Å². The maximum Gasteiger partial charge on any atom is 0.267 e. The second-order valence-corrected chi connectivity index (χ2v) is 8.41. The van der Waals surface area contributed by atoms with E-state index < -0.39 is 0 Å². The molecule has 2 aromatic carbocycles. The van der Waals surface area contributed by atoms with Crippen LogP contribution >= 0.6 is 63.7 Å². The summed E-state index contributed by atoms with van der Waals surface area (Å²) >= 11 is 13.7. The second kappa shape index (κ2) is 6.10. The van der Waals surface area contributed by atoms with Crippen molar-refractivity contribution in [3.8, 4) is 0 Å². The largest absolute Gasteiger partial charge is 0.268 e. The van der Waals surface area contributed by atoms with Gasteiger partial charge in [0.1, 0.15) is 0 Å². The molecule has 1 aliphatic rings. The van der Waals surface area contributed by atoms with Crippen LogP contribution in [0.15, 0.2) is 36.1 Å². The molecular formula is C16H9Br4NO2. The number of hydrogen-bond donors (Lipinski definition) is 0. The first kappa shape index (κ1) is 17.3. The summed E-state index contributed by atoms with van der Waals surface area (Å²) in [5.41, 5.74) is 3.19. The molecule has 1 aliphatic heterocycles. The number of nitrogens with zero attached hydrogens (tertiary/aromatic N) is 1. The topological polar surface area (TPSA) is 37.4 Å². The molecule has 23 heavy (non-hydrogen) atoms. The lowest BCUT2D eigenvalue weighted by Crippen LogP contribution is -2.30. The number of aryl methyl sites for hydroxylation is 2. The van der Waals surface area contributed by atoms with E-state index in [2.05, 4.69) is 63.7 Å². The summed E-state index contributed by atoms with van der Waals surface area (Å²) in [4.78, 5) is 27.1. The van der Waals surface area contributed by atoms with Gasteiger partial charge in [0, 0.05) is 17.9 Å². The fourth-order valence-corrected chi connectivity index (χ4v) is 4.99. The summed E-state index contributed by atoms with van der Waals surface area (Å²) in [6.07, 6.45) is 0. The van der Waals surface area contributed by atoms with Gasteiger partial charge in [-0.2, -0.15) is 0 Å². The van der Waals surface area contributed by atoms with Gasteiger partial charge in [0.25, 0.3) is 11.8 Å². The molecule has 0 spiro atoms. The van der Waals surface area contributed by atoms with Crippen molar-refractivity contribution in [1.82, 2.24) is 0 Å². The zero-order valence-electron chi connectivity index (χ0n) is 12.0. The molecule has 0 saturated heterocycles. The number of benzene rings is 2. The number of carbonyl (C=O) groups is 2. The maximum absolute atomic E-state index is 12.9. The first-order chi connectivity index (χ1) is 10.8. The molecule has 0 saturated carbocycles. The lowest BCUT2D eigenvalue weighted by Gasteiger charge is -2.17. The molecule has 0 N–H and O–H groups in total. The maximum atomic E-state index is 12.9. The minimum absolute atomic E-state index is 0.334. The van der Waals surface area contributed by atoms with Crippen LogP contribution in [0.1, 0.15) is 31.8 Å². The fraction of sp³-hybridized carbons (Fsp3) is 0.125. The third-order valence-corrected chi connectivity index (χ3v) is 8.47. The Bertz CT molecular complexity index is 845. The van der Waals surface area contributed by atoms with E-state index >= 15 is 0 Å². The number of anilines is 1. The van der Waals surface area contributed by atoms with Crippen molar-refractivity contribution in [3.63, 3.8) is 0 Å². The molecule has 0 radical (unpaired) electrons. The van der Waals surface area contributed by atoms with Crippen LogP contribution in [0.2, 0.25) is 0 Å². The molecule has 3 nitrogen and oxygen atoms in total. The van der Waals surface area contributed by atoms with Crippen molar-refractivity contribution < 1.29 is 9.59 Å². The quantitative estimate of drug-likeness (QED) is 0.236. The predicted molar refractivity (Wildman–Crippen MR) is 104 cm³/mol. The molecule has 3 rings (SSSR count). The number of rotatable bonds is 1. The van der Waals surface area contributed by atoms with E-state index in [0.717, 1.165) is 11.1 Å². The molecule has 0 bridgehead atoms. The van der Waals surface area contributed by atoms with Crippen LogP contribution in [0.5, 0.6) is 0 Å². The van der Waals surface area contributed by atoms with Gasteiger partial charge in [0.15, 0.2) is 0 Å². The number of carbonyl (C=O) groups excluding carboxylic acids is 2. The minimum atomic E-state index is -0.334. The molecule has 1 heterocycles. The third-order valence-electron chi connectivity index (χ3n) is 3.71. The SMILES string of the molecule is Cc1ccc(C)c(N2C(=O)c3c(Br)c(Br)c(Br)c(Br)c3C2=O)c1.